The number of nitrogens with zero attached hydrogens (tertiary/aromatic N) is 4. The number of hydrogen-bond acceptors (Lipinski definition) is 10. The fourth-order valence-electron chi connectivity index (χ4n) is 6.32. The summed E-state index contributed by atoms with van der Waals surface area (Å²) in [6, 6.07) is 17.5. The van der Waals surface area contributed by atoms with Crippen LogP contribution in [0.25, 0.3) is 0 Å². The standard InChI is InChI=1S/C41H54N8O6S2/c1-29(2)38-45-34(27-56-38)25-48(3)40(52)47-36(16-17-43-39(51)49-18-20-54-21-19-49)37(50)44-32(22-30-10-6-4-7-11-30)14-15-33(23-31-12-8-5-9-13-31)46-41(53)55-26-35-24-42-28-57-35/h4-13,24,27-29,32-33,36H,14-23,25-26H2,1-3H3,(H,43,51)(H,44,50)(H,46,53)(H,47,52). The molecule has 0 spiro atoms. The molecule has 2 aromatic carbocycles. The first-order valence-electron chi connectivity index (χ1n) is 19.4. The summed E-state index contributed by atoms with van der Waals surface area (Å²) in [5.41, 5.74) is 4.55. The Morgan fingerprint density at radius 1 is 0.877 bits per heavy atom. The number of alkyl carbamates (subject to hydrolysis) is 1. The zero-order valence-electron chi connectivity index (χ0n) is 32.9. The minimum atomic E-state index is -0.954. The maximum atomic E-state index is 14.2. The lowest BCUT2D eigenvalue weighted by Crippen LogP contribution is -2.54. The SMILES string of the molecule is CC(C)c1nc(CN(C)C(=O)NC(CCNC(=O)N2CCOCC2)C(=O)NC(CCC(Cc2ccccc2)NC(=O)OCc2cncs2)Cc2ccccc2)cs1. The first kappa shape index (κ1) is 43.1. The van der Waals surface area contributed by atoms with Crippen molar-refractivity contribution in [3.8, 4) is 0 Å². The molecule has 4 aromatic rings. The summed E-state index contributed by atoms with van der Waals surface area (Å²) in [4.78, 5) is 66.4. The molecule has 57 heavy (non-hydrogen) atoms. The monoisotopic (exact) mass is 818 g/mol. The molecule has 3 atom stereocenters. The van der Waals surface area contributed by atoms with Crippen molar-refractivity contribution in [2.75, 3.05) is 39.9 Å². The Balaban J connectivity index is 1.28. The molecule has 0 radical (unpaired) electrons. The van der Waals surface area contributed by atoms with Crippen LogP contribution in [0.2, 0.25) is 0 Å². The van der Waals surface area contributed by atoms with Gasteiger partial charge in [-0.2, -0.15) is 0 Å². The minimum absolute atomic E-state index is 0.124. The molecule has 3 heterocycles. The van der Waals surface area contributed by atoms with Crippen LogP contribution >= 0.6 is 22.7 Å². The van der Waals surface area contributed by atoms with E-state index in [4.69, 9.17) is 9.47 Å². The van der Waals surface area contributed by atoms with Crippen LogP contribution in [0.3, 0.4) is 0 Å². The number of rotatable bonds is 19. The Labute approximate surface area is 342 Å². The van der Waals surface area contributed by atoms with Gasteiger partial charge in [0.15, 0.2) is 0 Å². The number of morpholine rings is 1. The molecule has 14 nitrogen and oxygen atoms in total. The third-order valence-electron chi connectivity index (χ3n) is 9.44. The number of amides is 6. The van der Waals surface area contributed by atoms with Crippen LogP contribution in [0.1, 0.15) is 65.7 Å². The van der Waals surface area contributed by atoms with E-state index in [1.54, 1.807) is 35.0 Å². The van der Waals surface area contributed by atoms with Gasteiger partial charge in [-0.15, -0.1) is 22.7 Å². The molecule has 4 N–H and O–H groups in total. The second-order valence-corrected chi connectivity index (χ2v) is 16.2. The van der Waals surface area contributed by atoms with E-state index in [1.807, 2.05) is 66.0 Å². The van der Waals surface area contributed by atoms with E-state index in [-0.39, 0.29) is 56.1 Å². The molecule has 1 aliphatic rings. The number of ether oxygens (including phenoxy) is 2. The molecular weight excluding hydrogens is 765 g/mol. The van der Waals surface area contributed by atoms with Gasteiger partial charge >= 0.3 is 18.2 Å². The average Bonchev–Trinajstić information content (AvgIpc) is 3.93. The highest BCUT2D eigenvalue weighted by Crippen LogP contribution is 2.20. The van der Waals surface area contributed by atoms with E-state index in [9.17, 15) is 19.2 Å². The third kappa shape index (κ3) is 14.8. The smallest absolute Gasteiger partial charge is 0.407 e. The van der Waals surface area contributed by atoms with Crippen LogP contribution in [-0.2, 0) is 40.3 Å². The second kappa shape index (κ2) is 22.6. The molecule has 1 fully saturated rings. The van der Waals surface area contributed by atoms with Gasteiger partial charge in [-0.05, 0) is 43.2 Å². The van der Waals surface area contributed by atoms with Crippen LogP contribution < -0.4 is 21.3 Å². The van der Waals surface area contributed by atoms with Crippen LogP contribution in [0, 0.1) is 0 Å². The van der Waals surface area contributed by atoms with E-state index in [0.717, 1.165) is 26.7 Å². The predicted octanol–water partition coefficient (Wildman–Crippen LogP) is 5.71. The zero-order valence-corrected chi connectivity index (χ0v) is 34.5. The van der Waals surface area contributed by atoms with Gasteiger partial charge in [0.2, 0.25) is 5.91 Å². The largest absolute Gasteiger partial charge is 0.444 e. The molecule has 1 saturated heterocycles. The Kier molecular flexibility index (Phi) is 17.1. The van der Waals surface area contributed by atoms with Gasteiger partial charge in [0.1, 0.15) is 12.6 Å². The van der Waals surface area contributed by atoms with Gasteiger partial charge < -0.3 is 40.5 Å². The van der Waals surface area contributed by atoms with Gasteiger partial charge in [0.25, 0.3) is 0 Å². The zero-order chi connectivity index (χ0) is 40.4. The van der Waals surface area contributed by atoms with Crippen molar-refractivity contribution in [3.05, 3.63) is 104 Å². The molecule has 306 valence electrons. The van der Waals surface area contributed by atoms with Gasteiger partial charge in [-0.3, -0.25) is 9.78 Å². The Hall–Kier alpha value is -5.06. The summed E-state index contributed by atoms with van der Waals surface area (Å²) in [7, 11) is 1.67. The third-order valence-corrected chi connectivity index (χ3v) is 11.4. The minimum Gasteiger partial charge on any atom is -0.444 e. The van der Waals surface area contributed by atoms with Gasteiger partial charge in [0.05, 0.1) is 40.8 Å². The Morgan fingerprint density at radius 3 is 2.12 bits per heavy atom. The summed E-state index contributed by atoms with van der Waals surface area (Å²) in [6.07, 6.45) is 3.44. The number of thiazole rings is 2. The van der Waals surface area contributed by atoms with E-state index < -0.39 is 18.2 Å². The predicted molar refractivity (Wildman–Crippen MR) is 221 cm³/mol. The van der Waals surface area contributed by atoms with Crippen LogP contribution in [-0.4, -0.2) is 102 Å². The van der Waals surface area contributed by atoms with Crippen molar-refractivity contribution in [2.24, 2.45) is 0 Å². The summed E-state index contributed by atoms with van der Waals surface area (Å²) in [5.74, 6) is -0.0922. The van der Waals surface area contributed by atoms with E-state index in [0.29, 0.717) is 52.0 Å². The molecule has 3 unspecified atom stereocenters. The van der Waals surface area contributed by atoms with Crippen molar-refractivity contribution < 1.29 is 28.7 Å². The lowest BCUT2D eigenvalue weighted by Gasteiger charge is -2.28. The molecule has 2 aromatic heterocycles. The van der Waals surface area contributed by atoms with E-state index >= 15 is 0 Å². The van der Waals surface area contributed by atoms with E-state index in [1.165, 1.54) is 16.2 Å². The maximum absolute atomic E-state index is 14.2. The number of hydrogen-bond donors (Lipinski definition) is 4. The molecule has 1 aliphatic heterocycles. The quantitative estimate of drug-likeness (QED) is 0.0934. The topological polar surface area (TPSA) is 167 Å². The van der Waals surface area contributed by atoms with Crippen LogP contribution in [0.4, 0.5) is 14.4 Å². The van der Waals surface area contributed by atoms with Crippen molar-refractivity contribution in [1.82, 2.24) is 41.0 Å². The highest BCUT2D eigenvalue weighted by atomic mass is 32.1. The molecule has 6 amide bonds. The molecule has 0 bridgehead atoms. The lowest BCUT2D eigenvalue weighted by molar-refractivity contribution is -0.123. The summed E-state index contributed by atoms with van der Waals surface area (Å²) < 4.78 is 10.9. The fourth-order valence-corrected chi connectivity index (χ4v) is 7.65. The maximum Gasteiger partial charge on any atom is 0.407 e. The van der Waals surface area contributed by atoms with Gasteiger partial charge in [-0.25, -0.2) is 19.4 Å². The van der Waals surface area contributed by atoms with Crippen LogP contribution in [0.15, 0.2) is 77.8 Å². The molecule has 5 rings (SSSR count). The average molecular weight is 819 g/mol. The van der Waals surface area contributed by atoms with Crippen molar-refractivity contribution in [3.63, 3.8) is 0 Å². The summed E-state index contributed by atoms with van der Waals surface area (Å²) in [6.45, 7) is 6.62. The van der Waals surface area contributed by atoms with Crippen molar-refractivity contribution >= 4 is 46.7 Å². The first-order chi connectivity index (χ1) is 27.6. The highest BCUT2D eigenvalue weighted by molar-refractivity contribution is 7.09. The molecule has 0 aliphatic carbocycles. The Bertz CT molecular complexity index is 1820. The summed E-state index contributed by atoms with van der Waals surface area (Å²) >= 11 is 2.97. The summed E-state index contributed by atoms with van der Waals surface area (Å²) in [5, 5.41) is 15.0. The van der Waals surface area contributed by atoms with Gasteiger partial charge in [-0.1, -0.05) is 74.5 Å². The number of urea groups is 2. The van der Waals surface area contributed by atoms with Crippen LogP contribution in [0.5, 0.6) is 0 Å². The molecular formula is C41H54N8O6S2. The van der Waals surface area contributed by atoms with Crippen molar-refractivity contribution in [2.45, 2.75) is 83.1 Å². The fraction of sp³-hybridized carbons (Fsp3) is 0.463. The normalized spacial score (nSPS) is 14.3. The van der Waals surface area contributed by atoms with Crippen molar-refractivity contribution in [1.29, 1.82) is 0 Å². The number of benzene rings is 2. The number of nitrogens with one attached hydrogen (secondary N) is 4. The lowest BCUT2D eigenvalue weighted by atomic mass is 9.95. The highest BCUT2D eigenvalue weighted by Gasteiger charge is 2.27. The number of carbonyl (C=O) groups is 4. The van der Waals surface area contributed by atoms with Gasteiger partial charge in [0, 0.05) is 56.3 Å². The Morgan fingerprint density at radius 2 is 1.53 bits per heavy atom. The second-order valence-electron chi connectivity index (χ2n) is 14.4. The molecule has 16 heteroatoms. The number of aromatic nitrogens is 2. The van der Waals surface area contributed by atoms with E-state index in [2.05, 4.69) is 45.1 Å². The molecule has 0 saturated carbocycles. The first-order valence-corrected chi connectivity index (χ1v) is 21.1. The number of carbonyl (C=O) groups excluding carboxylic acids is 4.